The Morgan fingerprint density at radius 2 is 1.88 bits per heavy atom. The number of aryl methyl sites for hydroxylation is 1. The van der Waals surface area contributed by atoms with Crippen LogP contribution in [0.3, 0.4) is 0 Å². The molecule has 0 aliphatic heterocycles. The van der Waals surface area contributed by atoms with Crippen LogP contribution in [0, 0.1) is 0 Å². The molecule has 3 nitrogen and oxygen atoms in total. The van der Waals surface area contributed by atoms with Gasteiger partial charge in [0.15, 0.2) is 6.61 Å². The molecule has 0 aliphatic carbocycles. The number of amides is 1. The van der Waals surface area contributed by atoms with E-state index in [0.29, 0.717) is 5.75 Å². The van der Waals surface area contributed by atoms with Gasteiger partial charge in [0, 0.05) is 8.95 Å². The number of hydrogen-bond donors (Lipinski definition) is 1. The van der Waals surface area contributed by atoms with Gasteiger partial charge < -0.3 is 10.1 Å². The second-order valence-electron chi connectivity index (χ2n) is 5.33. The summed E-state index contributed by atoms with van der Waals surface area (Å²) in [6.45, 7) is 2.12. The summed E-state index contributed by atoms with van der Waals surface area (Å²) in [5.41, 5.74) is 2.01. The first-order chi connectivity index (χ1) is 11.5. The minimum absolute atomic E-state index is 0.0513. The first-order valence-corrected chi connectivity index (χ1v) is 10.0. The lowest BCUT2D eigenvalue weighted by Gasteiger charge is -2.11. The summed E-state index contributed by atoms with van der Waals surface area (Å²) >= 11 is 10.3. The zero-order valence-electron chi connectivity index (χ0n) is 13.2. The van der Waals surface area contributed by atoms with Gasteiger partial charge in [-0.2, -0.15) is 0 Å². The van der Waals surface area contributed by atoms with E-state index >= 15 is 0 Å². The Morgan fingerprint density at radius 1 is 1.08 bits per heavy atom. The van der Waals surface area contributed by atoms with Crippen LogP contribution in [0.25, 0.3) is 0 Å². The van der Waals surface area contributed by atoms with Crippen molar-refractivity contribution < 1.29 is 9.53 Å². The zero-order chi connectivity index (χ0) is 17.5. The van der Waals surface area contributed by atoms with Gasteiger partial charge in [-0.15, -0.1) is 0 Å². The van der Waals surface area contributed by atoms with Crippen LogP contribution in [0.2, 0.25) is 0 Å². The molecule has 6 heteroatoms. The van der Waals surface area contributed by atoms with Gasteiger partial charge in [0.05, 0.1) is 10.2 Å². The molecule has 128 valence electrons. The van der Waals surface area contributed by atoms with Crippen molar-refractivity contribution in [3.05, 3.63) is 55.4 Å². The van der Waals surface area contributed by atoms with Crippen molar-refractivity contribution in [2.45, 2.75) is 26.2 Å². The van der Waals surface area contributed by atoms with Crippen LogP contribution in [-0.4, -0.2) is 12.5 Å². The van der Waals surface area contributed by atoms with Gasteiger partial charge in [0.1, 0.15) is 5.75 Å². The Kier molecular flexibility index (Phi) is 7.78. The highest BCUT2D eigenvalue weighted by molar-refractivity contribution is 9.11. The fourth-order valence-corrected chi connectivity index (χ4v) is 3.81. The van der Waals surface area contributed by atoms with Gasteiger partial charge in [-0.3, -0.25) is 4.79 Å². The average Bonchev–Trinajstić information content (AvgIpc) is 2.54. The molecule has 2 rings (SSSR count). The van der Waals surface area contributed by atoms with Crippen molar-refractivity contribution in [2.75, 3.05) is 11.9 Å². The van der Waals surface area contributed by atoms with Crippen LogP contribution in [0.1, 0.15) is 25.3 Å². The molecule has 0 bridgehead atoms. The molecule has 0 aromatic heterocycles. The molecule has 1 amide bonds. The third-order valence-electron chi connectivity index (χ3n) is 3.38. The third-order valence-corrected chi connectivity index (χ3v) is 5.15. The summed E-state index contributed by atoms with van der Waals surface area (Å²) in [6, 6.07) is 11.6. The van der Waals surface area contributed by atoms with Gasteiger partial charge in [-0.25, -0.2) is 0 Å². The number of anilines is 1. The van der Waals surface area contributed by atoms with E-state index in [9.17, 15) is 4.79 Å². The van der Waals surface area contributed by atoms with E-state index in [-0.39, 0.29) is 12.5 Å². The Labute approximate surface area is 167 Å². The highest BCUT2D eigenvalue weighted by Crippen LogP contribution is 2.28. The molecule has 0 spiro atoms. The van der Waals surface area contributed by atoms with E-state index in [4.69, 9.17) is 4.74 Å². The molecule has 0 radical (unpaired) electrons. The number of ether oxygens (including phenoxy) is 1. The van der Waals surface area contributed by atoms with E-state index in [1.807, 2.05) is 24.3 Å². The molecule has 1 N–H and O–H groups in total. The second-order valence-corrected chi connectivity index (χ2v) is 7.95. The lowest BCUT2D eigenvalue weighted by atomic mass is 10.1. The molecular formula is C18H18Br3NO2. The van der Waals surface area contributed by atoms with Crippen molar-refractivity contribution in [1.29, 1.82) is 0 Å². The van der Waals surface area contributed by atoms with Crippen LogP contribution in [0.4, 0.5) is 5.69 Å². The van der Waals surface area contributed by atoms with Crippen LogP contribution in [0.5, 0.6) is 5.75 Å². The molecule has 0 atom stereocenters. The Balaban J connectivity index is 1.92. The van der Waals surface area contributed by atoms with Crippen LogP contribution in [-0.2, 0) is 11.2 Å². The normalized spacial score (nSPS) is 10.5. The van der Waals surface area contributed by atoms with E-state index in [0.717, 1.165) is 31.9 Å². The van der Waals surface area contributed by atoms with Crippen molar-refractivity contribution in [3.8, 4) is 5.75 Å². The molecule has 0 saturated carbocycles. The van der Waals surface area contributed by atoms with Gasteiger partial charge in [-0.05, 0) is 80.6 Å². The Bertz CT molecular complexity index is 719. The maximum absolute atomic E-state index is 12.1. The molecule has 0 unspecified atom stereocenters. The van der Waals surface area contributed by atoms with Gasteiger partial charge >= 0.3 is 0 Å². The van der Waals surface area contributed by atoms with Crippen molar-refractivity contribution >= 4 is 59.4 Å². The van der Waals surface area contributed by atoms with Crippen molar-refractivity contribution in [2.24, 2.45) is 0 Å². The number of benzene rings is 2. The van der Waals surface area contributed by atoms with Crippen molar-refractivity contribution in [3.63, 3.8) is 0 Å². The van der Waals surface area contributed by atoms with Crippen LogP contribution >= 0.6 is 47.8 Å². The quantitative estimate of drug-likeness (QED) is 0.464. The second kappa shape index (κ2) is 9.59. The number of rotatable bonds is 7. The van der Waals surface area contributed by atoms with Gasteiger partial charge in [0.25, 0.3) is 5.91 Å². The highest BCUT2D eigenvalue weighted by Gasteiger charge is 2.09. The van der Waals surface area contributed by atoms with E-state index in [1.54, 1.807) is 6.07 Å². The molecule has 0 saturated heterocycles. The third kappa shape index (κ3) is 5.90. The number of hydrogen-bond acceptors (Lipinski definition) is 2. The molecule has 0 aliphatic rings. The smallest absolute Gasteiger partial charge is 0.262 e. The number of halogens is 3. The van der Waals surface area contributed by atoms with E-state index in [1.165, 1.54) is 12.0 Å². The first-order valence-electron chi connectivity index (χ1n) is 7.65. The lowest BCUT2D eigenvalue weighted by Crippen LogP contribution is -2.20. The summed E-state index contributed by atoms with van der Waals surface area (Å²) in [4.78, 5) is 12.1. The number of carbonyl (C=O) groups is 1. The first kappa shape index (κ1) is 19.5. The maximum atomic E-state index is 12.1. The monoisotopic (exact) mass is 517 g/mol. The van der Waals surface area contributed by atoms with Gasteiger partial charge in [-0.1, -0.05) is 35.3 Å². The fourth-order valence-electron chi connectivity index (χ4n) is 2.12. The zero-order valence-corrected chi connectivity index (χ0v) is 18.0. The summed E-state index contributed by atoms with van der Waals surface area (Å²) < 4.78 is 8.17. The summed E-state index contributed by atoms with van der Waals surface area (Å²) in [7, 11) is 0. The summed E-state index contributed by atoms with van der Waals surface area (Å²) in [5.74, 6) is 0.425. The highest BCUT2D eigenvalue weighted by atomic mass is 79.9. The van der Waals surface area contributed by atoms with Crippen molar-refractivity contribution in [1.82, 2.24) is 0 Å². The van der Waals surface area contributed by atoms with Gasteiger partial charge in [0.2, 0.25) is 0 Å². The molecule has 0 heterocycles. The van der Waals surface area contributed by atoms with Crippen LogP contribution < -0.4 is 10.1 Å². The predicted octanol–water partition coefficient (Wildman–Crippen LogP) is 6.33. The Hall–Kier alpha value is -0.850. The Morgan fingerprint density at radius 3 is 2.54 bits per heavy atom. The molecule has 24 heavy (non-hydrogen) atoms. The SMILES string of the molecule is CCCCc1ccc(NC(=O)COc2ccc(Br)cc2Br)c(Br)c1. The maximum Gasteiger partial charge on any atom is 0.262 e. The predicted molar refractivity (Wildman–Crippen MR) is 109 cm³/mol. The lowest BCUT2D eigenvalue weighted by molar-refractivity contribution is -0.118. The molecule has 2 aromatic carbocycles. The summed E-state index contributed by atoms with van der Waals surface area (Å²) in [5, 5.41) is 2.86. The minimum Gasteiger partial charge on any atom is -0.483 e. The topological polar surface area (TPSA) is 38.3 Å². The molecule has 0 fully saturated rings. The molecule has 2 aromatic rings. The van der Waals surface area contributed by atoms with Crippen LogP contribution in [0.15, 0.2) is 49.8 Å². The van der Waals surface area contributed by atoms with E-state index < -0.39 is 0 Å². The number of unbranched alkanes of at least 4 members (excludes halogenated alkanes) is 1. The number of carbonyl (C=O) groups excluding carboxylic acids is 1. The largest absolute Gasteiger partial charge is 0.483 e. The standard InChI is InChI=1S/C18H18Br3NO2/c1-2-3-4-12-5-7-16(14(20)9-12)22-18(23)11-24-17-8-6-13(19)10-15(17)21/h5-10H,2-4,11H2,1H3,(H,22,23). The summed E-state index contributed by atoms with van der Waals surface area (Å²) in [6.07, 6.45) is 3.37. The fraction of sp³-hybridized carbons (Fsp3) is 0.278. The number of nitrogens with one attached hydrogen (secondary N) is 1. The van der Waals surface area contributed by atoms with E-state index in [2.05, 4.69) is 66.1 Å². The minimum atomic E-state index is -0.202. The average molecular weight is 520 g/mol. The molecular weight excluding hydrogens is 502 g/mol.